The largest absolute Gasteiger partial charge is 0.359 e. The molecule has 98 valence electrons. The Morgan fingerprint density at radius 2 is 2.00 bits per heavy atom. The summed E-state index contributed by atoms with van der Waals surface area (Å²) in [5.74, 6) is -0.0444. The molecule has 0 aliphatic rings. The van der Waals surface area contributed by atoms with Crippen LogP contribution >= 0.6 is 0 Å². The fourth-order valence-electron chi connectivity index (χ4n) is 1.57. The Kier molecular flexibility index (Phi) is 3.75. The number of aryl methyl sites for hydroxylation is 2. The van der Waals surface area contributed by atoms with E-state index in [4.69, 9.17) is 4.52 Å². The quantitative estimate of drug-likeness (QED) is 0.863. The number of aromatic nitrogens is 1. The zero-order valence-electron chi connectivity index (χ0n) is 10.6. The van der Waals surface area contributed by atoms with Gasteiger partial charge in [0.1, 0.15) is 17.2 Å². The third kappa shape index (κ3) is 3.28. The molecule has 0 aliphatic heterocycles. The molecule has 4 nitrogen and oxygen atoms in total. The average molecular weight is 260 g/mol. The number of carbonyl (C=O) groups excluding carboxylic acids is 1. The molecule has 0 saturated carbocycles. The number of rotatable bonds is 3. The lowest BCUT2D eigenvalue weighted by Gasteiger charge is -1.99. The Hall–Kier alpha value is -2.43. The number of hydrogen-bond acceptors (Lipinski definition) is 3. The van der Waals surface area contributed by atoms with Crippen LogP contribution in [-0.2, 0) is 4.79 Å². The minimum Gasteiger partial charge on any atom is -0.359 e. The molecule has 19 heavy (non-hydrogen) atoms. The van der Waals surface area contributed by atoms with Crippen molar-refractivity contribution in [3.8, 4) is 0 Å². The van der Waals surface area contributed by atoms with Crippen molar-refractivity contribution in [1.82, 2.24) is 5.16 Å². The molecule has 0 radical (unpaired) electrons. The van der Waals surface area contributed by atoms with Gasteiger partial charge in [0.15, 0.2) is 5.76 Å². The van der Waals surface area contributed by atoms with Crippen LogP contribution in [0.25, 0.3) is 6.08 Å². The molecule has 0 saturated heterocycles. The molecule has 0 aliphatic carbocycles. The molecule has 0 spiro atoms. The average Bonchev–Trinajstić information content (AvgIpc) is 2.70. The summed E-state index contributed by atoms with van der Waals surface area (Å²) < 4.78 is 17.6. The van der Waals surface area contributed by atoms with Gasteiger partial charge in [-0.2, -0.15) is 0 Å². The number of carbonyl (C=O) groups is 1. The Morgan fingerprint density at radius 3 is 2.58 bits per heavy atom. The molecule has 5 heteroatoms. The summed E-state index contributed by atoms with van der Waals surface area (Å²) in [5, 5.41) is 6.43. The molecule has 1 N–H and O–H groups in total. The first kappa shape index (κ1) is 13.0. The van der Waals surface area contributed by atoms with E-state index >= 15 is 0 Å². The topological polar surface area (TPSA) is 55.1 Å². The number of benzene rings is 1. The van der Waals surface area contributed by atoms with Gasteiger partial charge in [-0.1, -0.05) is 17.3 Å². The van der Waals surface area contributed by atoms with Crippen molar-refractivity contribution in [2.75, 3.05) is 5.32 Å². The van der Waals surface area contributed by atoms with Gasteiger partial charge in [0.25, 0.3) is 0 Å². The normalized spacial score (nSPS) is 10.9. The molecule has 1 amide bonds. The van der Waals surface area contributed by atoms with Gasteiger partial charge in [0, 0.05) is 6.08 Å². The van der Waals surface area contributed by atoms with E-state index in [1.165, 1.54) is 18.2 Å². The van der Waals surface area contributed by atoms with E-state index in [9.17, 15) is 9.18 Å². The molecular formula is C14H13FN2O2. The molecule has 0 bridgehead atoms. The fraction of sp³-hybridized carbons (Fsp3) is 0.143. The van der Waals surface area contributed by atoms with Gasteiger partial charge in [0.05, 0.1) is 0 Å². The van der Waals surface area contributed by atoms with Crippen LogP contribution in [0, 0.1) is 19.7 Å². The molecule has 1 heterocycles. The summed E-state index contributed by atoms with van der Waals surface area (Å²) in [5.41, 5.74) is 1.95. The highest BCUT2D eigenvalue weighted by Gasteiger charge is 2.10. The van der Waals surface area contributed by atoms with Crippen LogP contribution in [-0.4, -0.2) is 11.1 Å². The van der Waals surface area contributed by atoms with Gasteiger partial charge >= 0.3 is 0 Å². The number of hydrogen-bond donors (Lipinski definition) is 1. The lowest BCUT2D eigenvalue weighted by atomic mass is 10.2. The van der Waals surface area contributed by atoms with Crippen molar-refractivity contribution >= 4 is 17.7 Å². The second-order valence-electron chi connectivity index (χ2n) is 4.07. The van der Waals surface area contributed by atoms with Crippen LogP contribution in [0.3, 0.4) is 0 Å². The summed E-state index contributed by atoms with van der Waals surface area (Å²) in [4.78, 5) is 11.7. The first-order valence-electron chi connectivity index (χ1n) is 5.74. The molecule has 1 aromatic carbocycles. The molecule has 0 fully saturated rings. The minimum atomic E-state index is -0.308. The predicted molar refractivity (Wildman–Crippen MR) is 70.0 cm³/mol. The number of amides is 1. The van der Waals surface area contributed by atoms with Gasteiger partial charge in [-0.05, 0) is 37.6 Å². The van der Waals surface area contributed by atoms with Crippen LogP contribution < -0.4 is 5.32 Å². The lowest BCUT2D eigenvalue weighted by molar-refractivity contribution is -0.111. The fourth-order valence-corrected chi connectivity index (χ4v) is 1.57. The zero-order valence-corrected chi connectivity index (χ0v) is 10.6. The third-order valence-corrected chi connectivity index (χ3v) is 2.58. The highest BCUT2D eigenvalue weighted by molar-refractivity contribution is 6.02. The maximum atomic E-state index is 12.7. The van der Waals surface area contributed by atoms with E-state index in [1.54, 1.807) is 32.1 Å². The summed E-state index contributed by atoms with van der Waals surface area (Å²) in [6.07, 6.45) is 2.98. The Morgan fingerprint density at radius 1 is 1.32 bits per heavy atom. The zero-order chi connectivity index (χ0) is 13.8. The van der Waals surface area contributed by atoms with Crippen LogP contribution in [0.15, 0.2) is 34.9 Å². The number of nitrogens with zero attached hydrogens (tertiary/aromatic N) is 1. The van der Waals surface area contributed by atoms with Crippen molar-refractivity contribution < 1.29 is 13.7 Å². The van der Waals surface area contributed by atoms with E-state index in [2.05, 4.69) is 10.5 Å². The van der Waals surface area contributed by atoms with Crippen LogP contribution in [0.2, 0.25) is 0 Å². The van der Waals surface area contributed by atoms with Gasteiger partial charge in [-0.15, -0.1) is 0 Å². The Balaban J connectivity index is 2.04. The van der Waals surface area contributed by atoms with Crippen molar-refractivity contribution in [2.45, 2.75) is 13.8 Å². The molecule has 2 rings (SSSR count). The minimum absolute atomic E-state index is 0.293. The Bertz CT molecular complexity index is 595. The maximum Gasteiger partial charge on any atom is 0.248 e. The second-order valence-corrected chi connectivity index (χ2v) is 4.07. The van der Waals surface area contributed by atoms with Crippen molar-refractivity contribution in [3.05, 3.63) is 53.2 Å². The van der Waals surface area contributed by atoms with Crippen LogP contribution in [0.4, 0.5) is 10.1 Å². The number of halogens is 1. The van der Waals surface area contributed by atoms with Gasteiger partial charge in [-0.25, -0.2) is 4.39 Å². The molecule has 2 aromatic rings. The van der Waals surface area contributed by atoms with Crippen molar-refractivity contribution in [1.29, 1.82) is 0 Å². The van der Waals surface area contributed by atoms with E-state index in [0.29, 0.717) is 17.1 Å². The smallest absolute Gasteiger partial charge is 0.248 e. The monoisotopic (exact) mass is 260 g/mol. The molecular weight excluding hydrogens is 247 g/mol. The van der Waals surface area contributed by atoms with Gasteiger partial charge < -0.3 is 9.84 Å². The molecule has 1 aromatic heterocycles. The first-order valence-corrected chi connectivity index (χ1v) is 5.74. The second kappa shape index (κ2) is 5.48. The summed E-state index contributed by atoms with van der Waals surface area (Å²) in [7, 11) is 0. The highest BCUT2D eigenvalue weighted by Crippen LogP contribution is 2.18. The highest BCUT2D eigenvalue weighted by atomic mass is 19.1. The molecule has 0 unspecified atom stereocenters. The van der Waals surface area contributed by atoms with E-state index in [-0.39, 0.29) is 11.7 Å². The van der Waals surface area contributed by atoms with Crippen LogP contribution in [0.1, 0.15) is 17.0 Å². The van der Waals surface area contributed by atoms with Crippen molar-refractivity contribution in [3.63, 3.8) is 0 Å². The summed E-state index contributed by atoms with van der Waals surface area (Å²) >= 11 is 0. The summed E-state index contributed by atoms with van der Waals surface area (Å²) in [6.45, 7) is 3.47. The first-order chi connectivity index (χ1) is 9.06. The summed E-state index contributed by atoms with van der Waals surface area (Å²) in [6, 6.07) is 5.86. The number of nitrogens with one attached hydrogen (secondary N) is 1. The SMILES string of the molecule is Cc1noc(C)c1NC(=O)/C=C\c1ccc(F)cc1. The maximum absolute atomic E-state index is 12.7. The van der Waals surface area contributed by atoms with Gasteiger partial charge in [-0.3, -0.25) is 4.79 Å². The van der Waals surface area contributed by atoms with Crippen LogP contribution in [0.5, 0.6) is 0 Å². The standard InChI is InChI=1S/C14H13FN2O2/c1-9-14(10(2)19-17-9)16-13(18)8-5-11-3-6-12(15)7-4-11/h3-8H,1-2H3,(H,16,18)/b8-5-. The Labute approximate surface area is 109 Å². The van der Waals surface area contributed by atoms with E-state index in [0.717, 1.165) is 5.56 Å². The van der Waals surface area contributed by atoms with Gasteiger partial charge in [0.2, 0.25) is 5.91 Å². The van der Waals surface area contributed by atoms with E-state index < -0.39 is 0 Å². The predicted octanol–water partition coefficient (Wildman–Crippen LogP) is 3.08. The van der Waals surface area contributed by atoms with Crippen molar-refractivity contribution in [2.24, 2.45) is 0 Å². The van der Waals surface area contributed by atoms with E-state index in [1.807, 2.05) is 0 Å². The number of anilines is 1. The molecule has 0 atom stereocenters. The lowest BCUT2D eigenvalue weighted by Crippen LogP contribution is -2.08. The third-order valence-electron chi connectivity index (χ3n) is 2.58.